The molecule has 2 aromatic heterocycles. The van der Waals surface area contributed by atoms with Crippen molar-refractivity contribution in [3.63, 3.8) is 0 Å². The van der Waals surface area contributed by atoms with Crippen LogP contribution < -0.4 is 15.3 Å². The second kappa shape index (κ2) is 37.7. The Morgan fingerprint density at radius 3 is 0.833 bits per heavy atom. The fraction of sp³-hybridized carbons (Fsp3) is 0.808. The number of unbranched alkanes of at least 4 members (excludes halogenated alkanes) is 6. The van der Waals surface area contributed by atoms with Crippen molar-refractivity contribution in [3.05, 3.63) is 12.1 Å². The van der Waals surface area contributed by atoms with Gasteiger partial charge < -0.3 is 18.9 Å². The van der Waals surface area contributed by atoms with E-state index in [1.54, 1.807) is 20.0 Å². The predicted octanol–water partition coefficient (Wildman–Crippen LogP) is 12.4. The molecule has 0 aliphatic rings. The van der Waals surface area contributed by atoms with E-state index >= 15 is 0 Å². The zero-order valence-electron chi connectivity index (χ0n) is 43.1. The van der Waals surface area contributed by atoms with E-state index < -0.39 is 36.8 Å². The fourth-order valence-electron chi connectivity index (χ4n) is 8.86. The number of rotatable bonds is 46. The van der Waals surface area contributed by atoms with E-state index in [2.05, 4.69) is 76.3 Å². The van der Waals surface area contributed by atoms with Crippen molar-refractivity contribution < 1.29 is 47.4 Å². The minimum atomic E-state index is -2.84. The van der Waals surface area contributed by atoms with Crippen molar-refractivity contribution in [2.45, 2.75) is 145 Å². The summed E-state index contributed by atoms with van der Waals surface area (Å²) in [6.07, 6.45) is 15.5. The summed E-state index contributed by atoms with van der Waals surface area (Å²) in [7, 11) is 3.37. The molecule has 66 heavy (non-hydrogen) atoms. The molecule has 1 aromatic carbocycles. The van der Waals surface area contributed by atoms with Crippen LogP contribution in [0.25, 0.3) is 20.2 Å². The molecule has 0 saturated heterocycles. The van der Waals surface area contributed by atoms with Gasteiger partial charge in [0.2, 0.25) is 0 Å². The van der Waals surface area contributed by atoms with Crippen LogP contribution in [-0.4, -0.2) is 157 Å². The Hall–Kier alpha value is 0.0174. The molecule has 3 aromatic rings. The van der Waals surface area contributed by atoms with Crippen LogP contribution in [0.2, 0.25) is 26.6 Å². The summed E-state index contributed by atoms with van der Waals surface area (Å²) in [5.41, 5.74) is 0. The topological polar surface area (TPSA) is 92.3 Å². The normalized spacial score (nSPS) is 12.4. The second-order valence-electron chi connectivity index (χ2n) is 17.9. The monoisotopic (exact) mass is 1180 g/mol. The summed E-state index contributed by atoms with van der Waals surface area (Å²) in [6, 6.07) is 5.27. The van der Waals surface area contributed by atoms with Crippen LogP contribution in [0.4, 0.5) is 0 Å². The molecule has 14 heteroatoms. The van der Waals surface area contributed by atoms with Crippen molar-refractivity contribution >= 4 is 85.4 Å². The first-order valence-electron chi connectivity index (χ1n) is 26.2. The summed E-state index contributed by atoms with van der Waals surface area (Å²) in [5, 5.41) is 2.51. The second-order valence-corrected chi connectivity index (χ2v) is 48.3. The van der Waals surface area contributed by atoms with Crippen molar-refractivity contribution in [3.8, 4) is 11.5 Å². The Kier molecular flexibility index (Phi) is 34.5. The zero-order valence-corrected chi connectivity index (χ0v) is 50.4. The van der Waals surface area contributed by atoms with Gasteiger partial charge in [-0.3, -0.25) is 0 Å². The molecule has 2 heterocycles. The Morgan fingerprint density at radius 1 is 0.348 bits per heavy atom. The molecule has 0 spiro atoms. The van der Waals surface area contributed by atoms with Gasteiger partial charge in [-0.25, -0.2) is 0 Å². The summed E-state index contributed by atoms with van der Waals surface area (Å²) < 4.78 is 73.7. The molecule has 0 radical (unpaired) electrons. The van der Waals surface area contributed by atoms with Crippen LogP contribution in [0, 0.1) is 0 Å². The molecule has 0 fully saturated rings. The van der Waals surface area contributed by atoms with Crippen molar-refractivity contribution in [1.82, 2.24) is 0 Å². The molecule has 0 atom stereocenters. The predicted molar refractivity (Wildman–Crippen MR) is 286 cm³/mol. The summed E-state index contributed by atoms with van der Waals surface area (Å²) >= 11 is -1.52. The summed E-state index contributed by atoms with van der Waals surface area (Å²) in [5.74, 6) is 2.11. The van der Waals surface area contributed by atoms with Gasteiger partial charge in [0, 0.05) is 14.2 Å². The molecule has 0 bridgehead atoms. The molecule has 0 aliphatic heterocycles. The molecule has 0 amide bonds. The molecule has 10 nitrogen and oxygen atoms in total. The number of hydrogen-bond acceptors (Lipinski definition) is 12. The van der Waals surface area contributed by atoms with E-state index in [-0.39, 0.29) is 0 Å². The SMILES string of the molecule is CCC[CH2][Sn]([CH2]CCC)([CH2]CCC)[c]1cc2c(OCCOCCOCCOCCOC)c3s[c]([Sn]([CH2]CCC)([CH2]CCC)[CH2]CCC)cc3c(OCCOCCOCCOCCOC)c2s1. The Labute approximate surface area is 418 Å². The van der Waals surface area contributed by atoms with Crippen LogP contribution in [0.1, 0.15) is 119 Å². The van der Waals surface area contributed by atoms with Gasteiger partial charge >= 0.3 is 349 Å². The molecular weight excluding hydrogens is 1090 g/mol. The van der Waals surface area contributed by atoms with Gasteiger partial charge in [0.1, 0.15) is 0 Å². The molecule has 382 valence electrons. The van der Waals surface area contributed by atoms with Crippen LogP contribution in [0.5, 0.6) is 11.5 Å². The maximum atomic E-state index is 7.08. The number of fused-ring (bicyclic) bond motifs is 2. The first kappa shape index (κ1) is 60.3. The first-order chi connectivity index (χ1) is 32.4. The Morgan fingerprint density at radius 2 is 0.591 bits per heavy atom. The van der Waals surface area contributed by atoms with E-state index in [0.717, 1.165) is 11.5 Å². The maximum absolute atomic E-state index is 7.08. The molecule has 0 unspecified atom stereocenters. The molecular formula is C52H94O10S2Sn2. The van der Waals surface area contributed by atoms with Crippen LogP contribution in [0.15, 0.2) is 12.1 Å². The van der Waals surface area contributed by atoms with Gasteiger partial charge in [-0.15, -0.1) is 0 Å². The Bertz CT molecular complexity index is 1420. The average Bonchev–Trinajstić information content (AvgIpc) is 3.99. The van der Waals surface area contributed by atoms with Crippen LogP contribution in [0.3, 0.4) is 0 Å². The van der Waals surface area contributed by atoms with Gasteiger partial charge in [0.05, 0.1) is 39.6 Å². The third-order valence-corrected chi connectivity index (χ3v) is 51.5. The summed E-state index contributed by atoms with van der Waals surface area (Å²) in [4.78, 5) is 0. The third kappa shape index (κ3) is 21.0. The van der Waals surface area contributed by atoms with Gasteiger partial charge in [-0.2, -0.15) is 0 Å². The quantitative estimate of drug-likeness (QED) is 0.0402. The van der Waals surface area contributed by atoms with Gasteiger partial charge in [0.15, 0.2) is 0 Å². The van der Waals surface area contributed by atoms with Gasteiger partial charge in [-0.1, -0.05) is 0 Å². The summed E-state index contributed by atoms with van der Waals surface area (Å²) in [6.45, 7) is 22.9. The van der Waals surface area contributed by atoms with Crippen LogP contribution >= 0.6 is 22.7 Å². The number of thiophene rings is 2. The number of ether oxygens (including phenoxy) is 10. The average molecular weight is 1180 g/mol. The molecule has 0 saturated carbocycles. The van der Waals surface area contributed by atoms with Crippen molar-refractivity contribution in [2.24, 2.45) is 0 Å². The van der Waals surface area contributed by atoms with Crippen LogP contribution in [-0.2, 0) is 37.9 Å². The first-order valence-corrected chi connectivity index (χ1v) is 42.8. The minimum absolute atomic E-state index is 0.490. The number of methoxy groups -OCH3 is 2. The third-order valence-electron chi connectivity index (χ3n) is 12.8. The molecule has 0 aliphatic carbocycles. The van der Waals surface area contributed by atoms with Crippen molar-refractivity contribution in [1.29, 1.82) is 0 Å². The van der Waals surface area contributed by atoms with E-state index in [0.29, 0.717) is 106 Å². The van der Waals surface area contributed by atoms with E-state index in [1.807, 2.05) is 0 Å². The molecule has 3 rings (SSSR count). The van der Waals surface area contributed by atoms with E-state index in [1.165, 1.54) is 124 Å². The molecule has 0 N–H and O–H groups in total. The Balaban J connectivity index is 2.09. The fourth-order valence-corrected chi connectivity index (χ4v) is 49.4. The van der Waals surface area contributed by atoms with Gasteiger partial charge in [0.25, 0.3) is 0 Å². The van der Waals surface area contributed by atoms with E-state index in [4.69, 9.17) is 47.4 Å². The standard InChI is InChI=1S/C28H40O10S2.6C4H9.2Sn/c1-29-5-7-31-9-11-33-13-15-35-17-19-37-25-23-3-21-40-28(23)26(24-4-22-39-27(24)25)38-20-18-36-16-14-34-12-10-32-8-6-30-2;6*1-3-4-2;;/h3-4H,5-20H2,1-2H3;6*1,3-4H2,2H3;;. The zero-order chi connectivity index (χ0) is 47.6. The van der Waals surface area contributed by atoms with Crippen molar-refractivity contribution in [2.75, 3.05) is 120 Å². The number of hydrogen-bond donors (Lipinski definition) is 0. The number of benzene rings is 1. The van der Waals surface area contributed by atoms with Gasteiger partial charge in [-0.05, 0) is 0 Å². The van der Waals surface area contributed by atoms with E-state index in [9.17, 15) is 0 Å².